The highest BCUT2D eigenvalue weighted by Crippen LogP contribution is 2.20. The summed E-state index contributed by atoms with van der Waals surface area (Å²) in [5.74, 6) is -0.907. The van der Waals surface area contributed by atoms with Crippen molar-refractivity contribution in [2.45, 2.75) is 115 Å². The van der Waals surface area contributed by atoms with E-state index in [1.165, 1.54) is 0 Å². The fourth-order valence-electron chi connectivity index (χ4n) is 3.32. The van der Waals surface area contributed by atoms with E-state index in [9.17, 15) is 19.8 Å². The Hall–Kier alpha value is -1.14. The van der Waals surface area contributed by atoms with Crippen LogP contribution in [-0.2, 0) is 19.1 Å². The van der Waals surface area contributed by atoms with Gasteiger partial charge in [-0.05, 0) is 25.7 Å². The smallest absolute Gasteiger partial charge is 0.308 e. The number of unbranched alkanes of at least 4 members (excludes halogenated alkanes) is 4. The molecule has 1 heterocycles. The van der Waals surface area contributed by atoms with Gasteiger partial charge >= 0.3 is 11.9 Å². The average molecular weight is 373 g/mol. The van der Waals surface area contributed by atoms with Gasteiger partial charge in [-0.2, -0.15) is 0 Å². The number of cyclic esters (lactones) is 2. The van der Waals surface area contributed by atoms with Crippen LogP contribution in [0, 0.1) is 0 Å². The van der Waals surface area contributed by atoms with Gasteiger partial charge in [0.05, 0.1) is 25.0 Å². The Bertz CT molecular complexity index is 373. The van der Waals surface area contributed by atoms with Gasteiger partial charge in [0.15, 0.2) is 0 Å². The fraction of sp³-hybridized carbons (Fsp3) is 0.900. The third kappa shape index (κ3) is 10.1. The normalized spacial score (nSPS) is 28.6. The molecule has 1 saturated heterocycles. The molecule has 26 heavy (non-hydrogen) atoms. The minimum Gasteiger partial charge on any atom is -0.462 e. The molecular weight excluding hydrogens is 336 g/mol. The molecule has 1 aliphatic rings. The Labute approximate surface area is 157 Å². The van der Waals surface area contributed by atoms with Crippen molar-refractivity contribution in [3.05, 3.63) is 0 Å². The van der Waals surface area contributed by atoms with Crippen molar-refractivity contribution in [2.24, 2.45) is 0 Å². The van der Waals surface area contributed by atoms with Crippen molar-refractivity contribution in [3.8, 4) is 0 Å². The minimum atomic E-state index is -0.887. The number of hydrogen-bond acceptors (Lipinski definition) is 6. The van der Waals surface area contributed by atoms with Gasteiger partial charge in [-0.25, -0.2) is 0 Å². The highest BCUT2D eigenvalue weighted by molar-refractivity contribution is 5.71. The third-order valence-corrected chi connectivity index (χ3v) is 4.73. The van der Waals surface area contributed by atoms with Crippen molar-refractivity contribution in [1.29, 1.82) is 0 Å². The molecule has 0 aromatic heterocycles. The summed E-state index contributed by atoms with van der Waals surface area (Å²) in [7, 11) is 0. The second kappa shape index (κ2) is 13.1. The predicted octanol–water partition coefficient (Wildman–Crippen LogP) is 3.27. The summed E-state index contributed by atoms with van der Waals surface area (Å²) in [4.78, 5) is 24.2. The van der Waals surface area contributed by atoms with E-state index < -0.39 is 36.4 Å². The molecule has 0 spiro atoms. The Morgan fingerprint density at radius 1 is 0.769 bits per heavy atom. The summed E-state index contributed by atoms with van der Waals surface area (Å²) in [6, 6.07) is 0. The van der Waals surface area contributed by atoms with Crippen molar-refractivity contribution >= 4 is 11.9 Å². The maximum Gasteiger partial charge on any atom is 0.308 e. The quantitative estimate of drug-likeness (QED) is 0.502. The highest BCUT2D eigenvalue weighted by atomic mass is 16.6. The molecule has 0 radical (unpaired) electrons. The lowest BCUT2D eigenvalue weighted by Crippen LogP contribution is -2.32. The van der Waals surface area contributed by atoms with Gasteiger partial charge < -0.3 is 19.7 Å². The molecule has 0 aromatic rings. The first-order chi connectivity index (χ1) is 12.4. The van der Waals surface area contributed by atoms with Crippen LogP contribution in [0.3, 0.4) is 0 Å². The number of rotatable bonds is 8. The first kappa shape index (κ1) is 22.9. The number of carbonyl (C=O) groups excluding carboxylic acids is 2. The lowest BCUT2D eigenvalue weighted by atomic mass is 10.0. The standard InChI is InChI=1S/C20H36O6/c1-3-5-7-9-17-11-15(21)13-20(24)26-18(10-8-6-4-2)12-16(22)14-19(23)25-17/h15-18,21-22H,3-14H2,1-2H3/t15-,16-,17-,18?/m1/s1. The van der Waals surface area contributed by atoms with Crippen LogP contribution in [-0.4, -0.2) is 46.6 Å². The van der Waals surface area contributed by atoms with Gasteiger partial charge in [-0.1, -0.05) is 39.5 Å². The van der Waals surface area contributed by atoms with E-state index in [1.807, 2.05) is 0 Å². The topological polar surface area (TPSA) is 93.1 Å². The van der Waals surface area contributed by atoms with Gasteiger partial charge in [0.2, 0.25) is 0 Å². The number of esters is 2. The molecular formula is C20H36O6. The molecule has 1 fully saturated rings. The molecule has 0 aromatic carbocycles. The largest absolute Gasteiger partial charge is 0.462 e. The first-order valence-corrected chi connectivity index (χ1v) is 10.2. The molecule has 4 atom stereocenters. The van der Waals surface area contributed by atoms with Gasteiger partial charge in [0, 0.05) is 12.8 Å². The number of aliphatic hydroxyl groups excluding tert-OH is 2. The summed E-state index contributed by atoms with van der Waals surface area (Å²) in [5, 5.41) is 20.4. The summed E-state index contributed by atoms with van der Waals surface area (Å²) >= 11 is 0. The van der Waals surface area contributed by atoms with E-state index in [4.69, 9.17) is 9.47 Å². The molecule has 6 heteroatoms. The zero-order valence-corrected chi connectivity index (χ0v) is 16.3. The predicted molar refractivity (Wildman–Crippen MR) is 98.5 cm³/mol. The number of aliphatic hydroxyl groups is 2. The van der Waals surface area contributed by atoms with Gasteiger partial charge in [0.25, 0.3) is 0 Å². The second-order valence-electron chi connectivity index (χ2n) is 7.40. The van der Waals surface area contributed by atoms with E-state index in [0.717, 1.165) is 38.5 Å². The lowest BCUT2D eigenvalue weighted by Gasteiger charge is -2.25. The van der Waals surface area contributed by atoms with Crippen molar-refractivity contribution < 1.29 is 29.3 Å². The third-order valence-electron chi connectivity index (χ3n) is 4.73. The summed E-state index contributed by atoms with van der Waals surface area (Å²) < 4.78 is 10.9. The molecule has 1 rings (SSSR count). The lowest BCUT2D eigenvalue weighted by molar-refractivity contribution is -0.159. The molecule has 0 saturated carbocycles. The van der Waals surface area contributed by atoms with Crippen LogP contribution in [0.2, 0.25) is 0 Å². The molecule has 2 N–H and O–H groups in total. The van der Waals surface area contributed by atoms with Gasteiger partial charge in [-0.15, -0.1) is 0 Å². The summed E-state index contributed by atoms with van der Waals surface area (Å²) in [5.41, 5.74) is 0. The zero-order chi connectivity index (χ0) is 19.4. The first-order valence-electron chi connectivity index (χ1n) is 10.2. The van der Waals surface area contributed by atoms with Crippen LogP contribution in [0.15, 0.2) is 0 Å². The SMILES string of the molecule is CCCCCC1C[C@@H](O)CC(=O)O[C@H](CCCCC)C[C@@H](O)CC(=O)O1. The number of carbonyl (C=O) groups is 2. The minimum absolute atomic E-state index is 0.109. The molecule has 6 nitrogen and oxygen atoms in total. The Morgan fingerprint density at radius 3 is 1.50 bits per heavy atom. The molecule has 0 bridgehead atoms. The summed E-state index contributed by atoms with van der Waals surface area (Å²) in [6.45, 7) is 4.18. The molecule has 152 valence electrons. The van der Waals surface area contributed by atoms with E-state index in [2.05, 4.69) is 13.8 Å². The fourth-order valence-corrected chi connectivity index (χ4v) is 3.32. The second-order valence-corrected chi connectivity index (χ2v) is 7.40. The Morgan fingerprint density at radius 2 is 1.15 bits per heavy atom. The van der Waals surface area contributed by atoms with Crippen LogP contribution < -0.4 is 0 Å². The zero-order valence-electron chi connectivity index (χ0n) is 16.3. The van der Waals surface area contributed by atoms with Crippen LogP contribution in [0.4, 0.5) is 0 Å². The van der Waals surface area contributed by atoms with E-state index in [1.54, 1.807) is 0 Å². The molecule has 1 unspecified atom stereocenters. The van der Waals surface area contributed by atoms with Gasteiger partial charge in [0.1, 0.15) is 12.2 Å². The highest BCUT2D eigenvalue weighted by Gasteiger charge is 2.27. The van der Waals surface area contributed by atoms with E-state index >= 15 is 0 Å². The number of ether oxygens (including phenoxy) is 2. The van der Waals surface area contributed by atoms with Crippen LogP contribution in [0.25, 0.3) is 0 Å². The van der Waals surface area contributed by atoms with Crippen molar-refractivity contribution in [1.82, 2.24) is 0 Å². The van der Waals surface area contributed by atoms with E-state index in [-0.39, 0.29) is 25.7 Å². The Kier molecular flexibility index (Phi) is 11.5. The van der Waals surface area contributed by atoms with Crippen LogP contribution in [0.5, 0.6) is 0 Å². The average Bonchev–Trinajstić information content (AvgIpc) is 2.53. The Balaban J connectivity index is 2.70. The van der Waals surface area contributed by atoms with Crippen LogP contribution in [0.1, 0.15) is 90.9 Å². The maximum absolute atomic E-state index is 12.1. The molecule has 0 amide bonds. The maximum atomic E-state index is 12.1. The van der Waals surface area contributed by atoms with E-state index in [0.29, 0.717) is 12.8 Å². The molecule has 1 aliphatic heterocycles. The van der Waals surface area contributed by atoms with Crippen molar-refractivity contribution in [2.75, 3.05) is 0 Å². The van der Waals surface area contributed by atoms with Crippen LogP contribution >= 0.6 is 0 Å². The number of hydrogen-bond donors (Lipinski definition) is 2. The monoisotopic (exact) mass is 372 g/mol. The summed E-state index contributed by atoms with van der Waals surface area (Å²) in [6.07, 6.45) is 4.85. The molecule has 0 aliphatic carbocycles. The van der Waals surface area contributed by atoms with Crippen molar-refractivity contribution in [3.63, 3.8) is 0 Å². The van der Waals surface area contributed by atoms with Gasteiger partial charge in [-0.3, -0.25) is 9.59 Å².